The topological polar surface area (TPSA) is 34.1 Å². The van der Waals surface area contributed by atoms with Gasteiger partial charge in [0, 0.05) is 17.8 Å². The maximum Gasteiger partial charge on any atom is 0.145 e. The third kappa shape index (κ3) is 3.97. The average molecular weight is 294 g/mol. The van der Waals surface area contributed by atoms with E-state index in [1.165, 1.54) is 0 Å². The van der Waals surface area contributed by atoms with E-state index in [9.17, 15) is 0 Å². The minimum absolute atomic E-state index is 0.237. The molecule has 1 aromatic rings. The molecule has 3 nitrogen and oxygen atoms in total. The normalized spacial score (nSPS) is 12.5. The van der Waals surface area contributed by atoms with Crippen molar-refractivity contribution in [3.8, 4) is 0 Å². The van der Waals surface area contributed by atoms with Crippen LogP contribution in [0.1, 0.15) is 13.3 Å². The van der Waals surface area contributed by atoms with Gasteiger partial charge < -0.3 is 10.1 Å². The summed E-state index contributed by atoms with van der Waals surface area (Å²) in [4.78, 5) is 4.20. The lowest BCUT2D eigenvalue weighted by atomic mass is 10.2. The summed E-state index contributed by atoms with van der Waals surface area (Å²) in [6, 6.07) is 2.05. The highest BCUT2D eigenvalue weighted by molar-refractivity contribution is 9.10. The van der Waals surface area contributed by atoms with E-state index in [2.05, 4.69) is 33.2 Å². The third-order valence-electron chi connectivity index (χ3n) is 2.01. The van der Waals surface area contributed by atoms with E-state index < -0.39 is 0 Å². The number of ether oxygens (including phenoxy) is 1. The van der Waals surface area contributed by atoms with Crippen LogP contribution in [0.15, 0.2) is 16.7 Å². The molecule has 0 aliphatic heterocycles. The molecule has 5 heteroatoms. The molecule has 0 saturated heterocycles. The summed E-state index contributed by atoms with van der Waals surface area (Å²) < 4.78 is 5.96. The number of nitrogens with zero attached hydrogens (tertiary/aromatic N) is 1. The van der Waals surface area contributed by atoms with E-state index in [0.29, 0.717) is 17.4 Å². The van der Waals surface area contributed by atoms with Crippen molar-refractivity contribution in [3.05, 3.63) is 21.8 Å². The molecule has 1 aromatic heterocycles. The first-order chi connectivity index (χ1) is 7.17. The van der Waals surface area contributed by atoms with Gasteiger partial charge in [0.1, 0.15) is 5.82 Å². The Morgan fingerprint density at radius 3 is 2.93 bits per heavy atom. The van der Waals surface area contributed by atoms with Crippen molar-refractivity contribution in [3.63, 3.8) is 0 Å². The van der Waals surface area contributed by atoms with Gasteiger partial charge in [0.2, 0.25) is 0 Å². The largest absolute Gasteiger partial charge is 0.383 e. The monoisotopic (exact) mass is 292 g/mol. The third-order valence-corrected chi connectivity index (χ3v) is 2.73. The Bertz CT molecular complexity index is 322. The highest BCUT2D eigenvalue weighted by atomic mass is 79.9. The lowest BCUT2D eigenvalue weighted by molar-refractivity contribution is 0.184. The predicted octanol–water partition coefficient (Wildman–Crippen LogP) is 3.33. The van der Waals surface area contributed by atoms with Gasteiger partial charge in [-0.15, -0.1) is 0 Å². The minimum atomic E-state index is 0.237. The van der Waals surface area contributed by atoms with Gasteiger partial charge in [-0.05, 0) is 28.4 Å². The molecule has 0 radical (unpaired) electrons. The fraction of sp³-hybridized carbons (Fsp3) is 0.500. The lowest BCUT2D eigenvalue weighted by Crippen LogP contribution is -2.24. The number of rotatable bonds is 5. The first kappa shape index (κ1) is 12.7. The number of hydrogen-bond donors (Lipinski definition) is 1. The van der Waals surface area contributed by atoms with E-state index in [1.807, 2.05) is 6.07 Å². The number of nitrogens with one attached hydrogen (secondary N) is 1. The zero-order valence-corrected chi connectivity index (χ0v) is 11.1. The second-order valence-corrected chi connectivity index (χ2v) is 4.51. The highest BCUT2D eigenvalue weighted by Gasteiger charge is 2.09. The van der Waals surface area contributed by atoms with Crippen molar-refractivity contribution < 1.29 is 4.74 Å². The van der Waals surface area contributed by atoms with E-state index in [-0.39, 0.29) is 6.04 Å². The Morgan fingerprint density at radius 1 is 1.67 bits per heavy atom. The van der Waals surface area contributed by atoms with Crippen LogP contribution in [0, 0.1) is 0 Å². The molecule has 0 saturated carbocycles. The standard InChI is InChI=1S/C10H14BrClN2O/c1-3-8(6-15-2)14-10-9(12)4-7(11)5-13-10/h4-5,8H,3,6H2,1-2H3,(H,13,14). The molecule has 0 aliphatic rings. The molecule has 0 spiro atoms. The Labute approximate surface area is 103 Å². The van der Waals surface area contributed by atoms with Gasteiger partial charge in [-0.1, -0.05) is 18.5 Å². The van der Waals surface area contributed by atoms with Gasteiger partial charge in [-0.25, -0.2) is 4.98 Å². The van der Waals surface area contributed by atoms with Crippen molar-refractivity contribution in [2.45, 2.75) is 19.4 Å². The quantitative estimate of drug-likeness (QED) is 0.904. The number of hydrogen-bond acceptors (Lipinski definition) is 3. The van der Waals surface area contributed by atoms with Crippen LogP contribution >= 0.6 is 27.5 Å². The Hall–Kier alpha value is -0.320. The molecule has 0 fully saturated rings. The van der Waals surface area contributed by atoms with Crippen molar-refractivity contribution in [1.82, 2.24) is 4.98 Å². The van der Waals surface area contributed by atoms with Crippen LogP contribution in [0.4, 0.5) is 5.82 Å². The summed E-state index contributed by atoms with van der Waals surface area (Å²) in [5, 5.41) is 3.85. The molecule has 0 amide bonds. The van der Waals surface area contributed by atoms with Gasteiger partial charge in [0.15, 0.2) is 0 Å². The zero-order chi connectivity index (χ0) is 11.3. The zero-order valence-electron chi connectivity index (χ0n) is 8.76. The summed E-state index contributed by atoms with van der Waals surface area (Å²) in [6.07, 6.45) is 2.68. The highest BCUT2D eigenvalue weighted by Crippen LogP contribution is 2.23. The van der Waals surface area contributed by atoms with E-state index in [4.69, 9.17) is 16.3 Å². The van der Waals surface area contributed by atoms with Crippen molar-refractivity contribution >= 4 is 33.3 Å². The van der Waals surface area contributed by atoms with E-state index in [0.717, 1.165) is 10.9 Å². The molecule has 1 heterocycles. The summed E-state index contributed by atoms with van der Waals surface area (Å²) in [5.74, 6) is 0.698. The van der Waals surface area contributed by atoms with Crippen LogP contribution in [0.25, 0.3) is 0 Å². The summed E-state index contributed by atoms with van der Waals surface area (Å²) in [7, 11) is 1.68. The average Bonchev–Trinajstić information content (AvgIpc) is 2.21. The number of methoxy groups -OCH3 is 1. The van der Waals surface area contributed by atoms with Crippen molar-refractivity contribution in [2.24, 2.45) is 0 Å². The Balaban J connectivity index is 2.70. The van der Waals surface area contributed by atoms with Crippen LogP contribution in [-0.4, -0.2) is 24.7 Å². The van der Waals surface area contributed by atoms with Crippen LogP contribution in [0.2, 0.25) is 5.02 Å². The Morgan fingerprint density at radius 2 is 2.40 bits per heavy atom. The fourth-order valence-corrected chi connectivity index (χ4v) is 1.86. The lowest BCUT2D eigenvalue weighted by Gasteiger charge is -2.17. The van der Waals surface area contributed by atoms with Gasteiger partial charge in [0.05, 0.1) is 17.7 Å². The summed E-state index contributed by atoms with van der Waals surface area (Å²) >= 11 is 9.35. The molecular formula is C10H14BrClN2O. The molecule has 1 unspecified atom stereocenters. The predicted molar refractivity (Wildman–Crippen MR) is 66.5 cm³/mol. The molecule has 15 heavy (non-hydrogen) atoms. The number of aromatic nitrogens is 1. The van der Waals surface area contributed by atoms with E-state index in [1.54, 1.807) is 13.3 Å². The maximum absolute atomic E-state index is 6.03. The van der Waals surface area contributed by atoms with E-state index >= 15 is 0 Å². The number of anilines is 1. The van der Waals surface area contributed by atoms with Gasteiger partial charge >= 0.3 is 0 Å². The Kier molecular flexibility index (Phi) is 5.36. The molecule has 0 bridgehead atoms. The molecule has 0 aliphatic carbocycles. The SMILES string of the molecule is CCC(COC)Nc1ncc(Br)cc1Cl. The minimum Gasteiger partial charge on any atom is -0.383 e. The first-order valence-corrected chi connectivity index (χ1v) is 5.91. The van der Waals surface area contributed by atoms with Crippen LogP contribution in [-0.2, 0) is 4.74 Å². The van der Waals surface area contributed by atoms with Gasteiger partial charge in [-0.3, -0.25) is 0 Å². The van der Waals surface area contributed by atoms with Crippen LogP contribution in [0.5, 0.6) is 0 Å². The smallest absolute Gasteiger partial charge is 0.145 e. The second-order valence-electron chi connectivity index (χ2n) is 3.19. The number of pyridine rings is 1. The summed E-state index contributed by atoms with van der Waals surface area (Å²) in [6.45, 7) is 2.73. The molecule has 1 atom stereocenters. The molecular weight excluding hydrogens is 279 g/mol. The van der Waals surface area contributed by atoms with Crippen LogP contribution in [0.3, 0.4) is 0 Å². The fourth-order valence-electron chi connectivity index (χ4n) is 1.18. The second kappa shape index (κ2) is 6.30. The first-order valence-electron chi connectivity index (χ1n) is 4.73. The maximum atomic E-state index is 6.03. The van der Waals surface area contributed by atoms with Gasteiger partial charge in [-0.2, -0.15) is 0 Å². The van der Waals surface area contributed by atoms with Crippen molar-refractivity contribution in [2.75, 3.05) is 19.0 Å². The molecule has 1 N–H and O–H groups in total. The van der Waals surface area contributed by atoms with Crippen LogP contribution < -0.4 is 5.32 Å². The summed E-state index contributed by atoms with van der Waals surface area (Å²) in [5.41, 5.74) is 0. The van der Waals surface area contributed by atoms with Gasteiger partial charge in [0.25, 0.3) is 0 Å². The number of halogens is 2. The molecule has 0 aromatic carbocycles. The van der Waals surface area contributed by atoms with Crippen molar-refractivity contribution in [1.29, 1.82) is 0 Å². The molecule has 84 valence electrons. The molecule has 1 rings (SSSR count).